The second kappa shape index (κ2) is 11.4. The number of unbranched alkanes of at least 4 members (excludes halogenated alkanes) is 6. The van der Waals surface area contributed by atoms with Crippen molar-refractivity contribution < 1.29 is 4.79 Å². The van der Waals surface area contributed by atoms with Gasteiger partial charge in [0.25, 0.3) is 0 Å². The minimum Gasteiger partial charge on any atom is -0.352 e. The summed E-state index contributed by atoms with van der Waals surface area (Å²) in [4.78, 5) is 11.7. The molecule has 0 unspecified atom stereocenters. The summed E-state index contributed by atoms with van der Waals surface area (Å²) in [5, 5.41) is 3.64. The van der Waals surface area contributed by atoms with Crippen molar-refractivity contribution in [3.8, 4) is 0 Å². The average Bonchev–Trinajstić information content (AvgIpc) is 2.48. The summed E-state index contributed by atoms with van der Waals surface area (Å²) in [5.41, 5.74) is 1.04. The maximum absolute atomic E-state index is 11.7. The molecule has 2 nitrogen and oxygen atoms in total. The van der Waals surface area contributed by atoms with Crippen molar-refractivity contribution >= 4 is 17.5 Å². The van der Waals surface area contributed by atoms with E-state index in [0.29, 0.717) is 18.0 Å². The smallest absolute Gasteiger partial charge is 0.220 e. The lowest BCUT2D eigenvalue weighted by atomic mass is 10.1. The van der Waals surface area contributed by atoms with Crippen LogP contribution in [-0.2, 0) is 11.3 Å². The van der Waals surface area contributed by atoms with Crippen LogP contribution in [0.2, 0.25) is 5.02 Å². The van der Waals surface area contributed by atoms with Crippen LogP contribution in [0.5, 0.6) is 0 Å². The standard InChI is InChI=1S/C18H26ClNO/c1-2-3-4-5-6-7-8-9-13-18(21)20-15-16-11-10-12-17(19)14-16/h2,10-12,14H,1,3-9,13,15H2,(H,20,21). The van der Waals surface area contributed by atoms with E-state index in [2.05, 4.69) is 11.9 Å². The molecule has 1 aromatic rings. The molecule has 3 heteroatoms. The van der Waals surface area contributed by atoms with Gasteiger partial charge < -0.3 is 5.32 Å². The number of hydrogen-bond donors (Lipinski definition) is 1. The van der Waals surface area contributed by atoms with Crippen molar-refractivity contribution in [3.63, 3.8) is 0 Å². The molecule has 0 aliphatic carbocycles. The quantitative estimate of drug-likeness (QED) is 0.438. The van der Waals surface area contributed by atoms with Gasteiger partial charge in [-0.1, -0.05) is 55.5 Å². The molecule has 116 valence electrons. The molecule has 0 aliphatic rings. The lowest BCUT2D eigenvalue weighted by molar-refractivity contribution is -0.121. The second-order valence-corrected chi connectivity index (χ2v) is 5.79. The van der Waals surface area contributed by atoms with Crippen LogP contribution in [0.15, 0.2) is 36.9 Å². The van der Waals surface area contributed by atoms with E-state index in [0.717, 1.165) is 24.8 Å². The SMILES string of the molecule is C=CCCCCCCCCC(=O)NCc1cccc(Cl)c1. The van der Waals surface area contributed by atoms with E-state index >= 15 is 0 Å². The molecule has 0 spiro atoms. The summed E-state index contributed by atoms with van der Waals surface area (Å²) >= 11 is 5.91. The number of nitrogens with one attached hydrogen (secondary N) is 1. The largest absolute Gasteiger partial charge is 0.352 e. The van der Waals surface area contributed by atoms with Gasteiger partial charge in [0.2, 0.25) is 5.91 Å². The zero-order chi connectivity index (χ0) is 15.3. The summed E-state index contributed by atoms with van der Waals surface area (Å²) in [6, 6.07) is 7.58. The van der Waals surface area contributed by atoms with Gasteiger partial charge in [0.05, 0.1) is 0 Å². The topological polar surface area (TPSA) is 29.1 Å². The van der Waals surface area contributed by atoms with Crippen LogP contribution in [-0.4, -0.2) is 5.91 Å². The van der Waals surface area contributed by atoms with Crippen molar-refractivity contribution in [3.05, 3.63) is 47.5 Å². The Bertz CT molecular complexity index is 431. The van der Waals surface area contributed by atoms with Crippen LogP contribution in [0.4, 0.5) is 0 Å². The molecule has 1 N–H and O–H groups in total. The fraction of sp³-hybridized carbons (Fsp3) is 0.500. The first-order chi connectivity index (χ1) is 10.2. The van der Waals surface area contributed by atoms with Crippen LogP contribution in [0.25, 0.3) is 0 Å². The summed E-state index contributed by atoms with van der Waals surface area (Å²) in [5.74, 6) is 0.127. The summed E-state index contributed by atoms with van der Waals surface area (Å²) in [6.45, 7) is 4.28. The van der Waals surface area contributed by atoms with Crippen LogP contribution in [0, 0.1) is 0 Å². The number of rotatable bonds is 11. The Kier molecular flexibility index (Phi) is 9.64. The van der Waals surface area contributed by atoms with Crippen LogP contribution >= 0.6 is 11.6 Å². The Hall–Kier alpha value is -1.28. The fourth-order valence-corrected chi connectivity index (χ4v) is 2.43. The Morgan fingerprint density at radius 3 is 2.57 bits per heavy atom. The average molecular weight is 308 g/mol. The third-order valence-corrected chi connectivity index (χ3v) is 3.68. The molecule has 0 saturated heterocycles. The van der Waals surface area contributed by atoms with E-state index < -0.39 is 0 Å². The maximum atomic E-state index is 11.7. The number of carbonyl (C=O) groups excluding carboxylic acids is 1. The van der Waals surface area contributed by atoms with Gasteiger partial charge in [0, 0.05) is 18.0 Å². The number of halogens is 1. The van der Waals surface area contributed by atoms with Gasteiger partial charge in [0.15, 0.2) is 0 Å². The summed E-state index contributed by atoms with van der Waals surface area (Å²) in [6.07, 6.45) is 10.8. The highest BCUT2D eigenvalue weighted by Gasteiger charge is 2.01. The lowest BCUT2D eigenvalue weighted by Crippen LogP contribution is -2.22. The van der Waals surface area contributed by atoms with E-state index in [1.165, 1.54) is 25.7 Å². The van der Waals surface area contributed by atoms with Gasteiger partial charge in [-0.05, 0) is 37.0 Å². The van der Waals surface area contributed by atoms with Crippen molar-refractivity contribution in [2.24, 2.45) is 0 Å². The van der Waals surface area contributed by atoms with Crippen LogP contribution in [0.1, 0.15) is 56.9 Å². The highest BCUT2D eigenvalue weighted by molar-refractivity contribution is 6.30. The number of allylic oxidation sites excluding steroid dienone is 1. The van der Waals surface area contributed by atoms with E-state index in [9.17, 15) is 4.79 Å². The molecule has 1 aromatic carbocycles. The van der Waals surface area contributed by atoms with Gasteiger partial charge in [-0.3, -0.25) is 4.79 Å². The monoisotopic (exact) mass is 307 g/mol. The third-order valence-electron chi connectivity index (χ3n) is 3.44. The molecule has 0 radical (unpaired) electrons. The van der Waals surface area contributed by atoms with Gasteiger partial charge in [-0.2, -0.15) is 0 Å². The Morgan fingerprint density at radius 2 is 1.86 bits per heavy atom. The first-order valence-corrected chi connectivity index (χ1v) is 8.22. The summed E-state index contributed by atoms with van der Waals surface area (Å²) < 4.78 is 0. The molecule has 0 heterocycles. The highest BCUT2D eigenvalue weighted by Crippen LogP contribution is 2.11. The van der Waals surface area contributed by atoms with Crippen molar-refractivity contribution in [1.29, 1.82) is 0 Å². The van der Waals surface area contributed by atoms with Crippen molar-refractivity contribution in [1.82, 2.24) is 5.32 Å². The van der Waals surface area contributed by atoms with Crippen LogP contribution in [0.3, 0.4) is 0 Å². The zero-order valence-corrected chi connectivity index (χ0v) is 13.5. The normalized spacial score (nSPS) is 10.3. The lowest BCUT2D eigenvalue weighted by Gasteiger charge is -2.06. The molecule has 21 heavy (non-hydrogen) atoms. The van der Waals surface area contributed by atoms with Crippen LogP contribution < -0.4 is 5.32 Å². The Labute approximate surface area is 133 Å². The molecular weight excluding hydrogens is 282 g/mol. The molecule has 0 aliphatic heterocycles. The predicted molar refractivity (Wildman–Crippen MR) is 90.4 cm³/mol. The Balaban J connectivity index is 2.00. The van der Waals surface area contributed by atoms with E-state index in [4.69, 9.17) is 11.6 Å². The molecule has 0 bridgehead atoms. The maximum Gasteiger partial charge on any atom is 0.220 e. The van der Waals surface area contributed by atoms with E-state index in [1.807, 2.05) is 30.3 Å². The highest BCUT2D eigenvalue weighted by atomic mass is 35.5. The number of hydrogen-bond acceptors (Lipinski definition) is 1. The zero-order valence-electron chi connectivity index (χ0n) is 12.7. The first kappa shape index (κ1) is 17.8. The fourth-order valence-electron chi connectivity index (χ4n) is 2.22. The van der Waals surface area contributed by atoms with Gasteiger partial charge >= 0.3 is 0 Å². The molecule has 0 atom stereocenters. The van der Waals surface area contributed by atoms with Crippen molar-refractivity contribution in [2.45, 2.75) is 57.9 Å². The van der Waals surface area contributed by atoms with Gasteiger partial charge in [-0.25, -0.2) is 0 Å². The van der Waals surface area contributed by atoms with E-state index in [1.54, 1.807) is 0 Å². The molecule has 1 rings (SSSR count). The molecule has 0 aromatic heterocycles. The summed E-state index contributed by atoms with van der Waals surface area (Å²) in [7, 11) is 0. The minimum atomic E-state index is 0.127. The number of amides is 1. The first-order valence-electron chi connectivity index (χ1n) is 7.84. The Morgan fingerprint density at radius 1 is 1.14 bits per heavy atom. The minimum absolute atomic E-state index is 0.127. The molecule has 0 fully saturated rings. The number of benzene rings is 1. The van der Waals surface area contributed by atoms with Crippen molar-refractivity contribution in [2.75, 3.05) is 0 Å². The predicted octanol–water partition coefficient (Wildman–Crippen LogP) is 5.26. The molecule has 1 amide bonds. The second-order valence-electron chi connectivity index (χ2n) is 5.36. The van der Waals surface area contributed by atoms with Gasteiger partial charge in [-0.15, -0.1) is 6.58 Å². The third kappa shape index (κ3) is 9.30. The van der Waals surface area contributed by atoms with Gasteiger partial charge in [0.1, 0.15) is 0 Å². The number of carbonyl (C=O) groups is 1. The molecular formula is C18H26ClNO. The molecule has 0 saturated carbocycles. The van der Waals surface area contributed by atoms with E-state index in [-0.39, 0.29) is 5.91 Å².